The molecule has 0 atom stereocenters. The summed E-state index contributed by atoms with van der Waals surface area (Å²) < 4.78 is 5.01. The van der Waals surface area contributed by atoms with Crippen LogP contribution in [0.5, 0.6) is 0 Å². The highest BCUT2D eigenvalue weighted by Crippen LogP contribution is 2.39. The number of carbonyl (C=O) groups excluding carboxylic acids is 5. The average Bonchev–Trinajstić information content (AvgIpc) is 2.98. The lowest BCUT2D eigenvalue weighted by molar-refractivity contribution is -0.150. The molecule has 0 unspecified atom stereocenters. The molecule has 10 nitrogen and oxygen atoms in total. The number of hydrogen-bond donors (Lipinski definition) is 2. The normalized spacial score (nSPS) is 17.3. The molecule has 1 aliphatic heterocycles. The summed E-state index contributed by atoms with van der Waals surface area (Å²) in [5.74, 6) is -1.94. The molecule has 2 N–H and O–H groups in total. The molecule has 5 amide bonds. The molecule has 1 aliphatic carbocycles. The first-order valence-electron chi connectivity index (χ1n) is 11.6. The number of urea groups is 1. The van der Waals surface area contributed by atoms with Gasteiger partial charge in [-0.15, -0.1) is 0 Å². The summed E-state index contributed by atoms with van der Waals surface area (Å²) >= 11 is 0. The molecule has 3 rings (SSSR count). The van der Waals surface area contributed by atoms with Gasteiger partial charge in [0.2, 0.25) is 0 Å². The largest absolute Gasteiger partial charge is 0.454 e. The first-order chi connectivity index (χ1) is 16.2. The molecule has 1 saturated carbocycles. The molecular formula is C24H32N4O6. The minimum Gasteiger partial charge on any atom is -0.454 e. The summed E-state index contributed by atoms with van der Waals surface area (Å²) in [6.45, 7) is 3.27. The fraction of sp³-hybridized carbons (Fsp3) is 0.542. The molecule has 1 aromatic carbocycles. The zero-order valence-corrected chi connectivity index (χ0v) is 19.9. The number of hydrogen-bond acceptors (Lipinski definition) is 6. The second-order valence-corrected chi connectivity index (χ2v) is 9.18. The van der Waals surface area contributed by atoms with Crippen molar-refractivity contribution < 1.29 is 28.7 Å². The van der Waals surface area contributed by atoms with Crippen molar-refractivity contribution in [1.82, 2.24) is 15.1 Å². The Hall–Kier alpha value is -3.43. The summed E-state index contributed by atoms with van der Waals surface area (Å²) in [7, 11) is 1.58. The lowest BCUT2D eigenvalue weighted by atomic mass is 9.81. The van der Waals surface area contributed by atoms with Crippen LogP contribution in [0, 0.1) is 5.92 Å². The third-order valence-electron chi connectivity index (χ3n) is 6.25. The number of likely N-dealkylation sites (N-methyl/N-ethyl adjacent to an activating group) is 1. The predicted octanol–water partition coefficient (Wildman–Crippen LogP) is 2.15. The van der Waals surface area contributed by atoms with Crippen LogP contribution in [-0.4, -0.2) is 71.8 Å². The van der Waals surface area contributed by atoms with Crippen molar-refractivity contribution in [2.75, 3.05) is 32.1 Å². The zero-order chi connectivity index (χ0) is 24.9. The van der Waals surface area contributed by atoms with Crippen LogP contribution >= 0.6 is 0 Å². The number of esters is 1. The van der Waals surface area contributed by atoms with Gasteiger partial charge < -0.3 is 20.3 Å². The Balaban J connectivity index is 1.54. The van der Waals surface area contributed by atoms with Crippen LogP contribution in [0.3, 0.4) is 0 Å². The number of anilines is 1. The SMILES string of the molecule is CC(C)CNC(=O)c1ccccc1NC(=O)COC(=O)CN1C(=O)N(C)C2(CCCCC2)C1=O. The van der Waals surface area contributed by atoms with Crippen molar-refractivity contribution in [2.45, 2.75) is 51.5 Å². The standard InChI is InChI=1S/C24H32N4O6/c1-16(2)13-25-21(31)17-9-5-6-10-18(17)26-19(29)15-34-20(30)14-28-22(32)24(27(3)23(28)33)11-7-4-8-12-24/h5-6,9-10,16H,4,7-8,11-15H2,1-3H3,(H,25,31)(H,26,29). The van der Waals surface area contributed by atoms with E-state index in [0.717, 1.165) is 24.2 Å². The van der Waals surface area contributed by atoms with Crippen LogP contribution < -0.4 is 10.6 Å². The maximum atomic E-state index is 13.0. The van der Waals surface area contributed by atoms with Crippen LogP contribution in [0.15, 0.2) is 24.3 Å². The highest BCUT2D eigenvalue weighted by molar-refractivity contribution is 6.09. The van der Waals surface area contributed by atoms with Crippen LogP contribution in [-0.2, 0) is 19.1 Å². The number of nitrogens with zero attached hydrogens (tertiary/aromatic N) is 2. The second kappa shape index (κ2) is 10.7. The first-order valence-corrected chi connectivity index (χ1v) is 11.6. The molecular weight excluding hydrogens is 440 g/mol. The van der Waals surface area contributed by atoms with Crippen LogP contribution in [0.1, 0.15) is 56.3 Å². The van der Waals surface area contributed by atoms with E-state index in [9.17, 15) is 24.0 Å². The van der Waals surface area contributed by atoms with Gasteiger partial charge in [-0.2, -0.15) is 0 Å². The van der Waals surface area contributed by atoms with Gasteiger partial charge in [0.05, 0.1) is 11.3 Å². The number of para-hydroxylation sites is 1. The molecule has 0 radical (unpaired) electrons. The highest BCUT2D eigenvalue weighted by atomic mass is 16.5. The summed E-state index contributed by atoms with van der Waals surface area (Å²) in [6, 6.07) is 5.97. The molecule has 184 valence electrons. The molecule has 0 bridgehead atoms. The number of nitrogens with one attached hydrogen (secondary N) is 2. The Bertz CT molecular complexity index is 970. The summed E-state index contributed by atoms with van der Waals surface area (Å²) in [5.41, 5.74) is -0.306. The minimum atomic E-state index is -0.882. The smallest absolute Gasteiger partial charge is 0.327 e. The number of ether oxygens (including phenoxy) is 1. The topological polar surface area (TPSA) is 125 Å². The molecule has 2 fully saturated rings. The second-order valence-electron chi connectivity index (χ2n) is 9.18. The van der Waals surface area contributed by atoms with Crippen molar-refractivity contribution in [3.8, 4) is 0 Å². The third-order valence-corrected chi connectivity index (χ3v) is 6.25. The summed E-state index contributed by atoms with van der Waals surface area (Å²) in [6.07, 6.45) is 3.85. The number of amides is 5. The molecule has 2 aliphatic rings. The van der Waals surface area contributed by atoms with Gasteiger partial charge in [0.25, 0.3) is 17.7 Å². The highest BCUT2D eigenvalue weighted by Gasteiger charge is 2.55. The fourth-order valence-electron chi connectivity index (χ4n) is 4.36. The van der Waals surface area contributed by atoms with Crippen molar-refractivity contribution >= 4 is 35.4 Å². The maximum absolute atomic E-state index is 13.0. The Morgan fingerprint density at radius 1 is 1.09 bits per heavy atom. The molecule has 1 saturated heterocycles. The fourth-order valence-corrected chi connectivity index (χ4v) is 4.36. The van der Waals surface area contributed by atoms with E-state index < -0.39 is 36.6 Å². The number of rotatable bonds is 8. The quantitative estimate of drug-likeness (QED) is 0.441. The number of carbonyl (C=O) groups is 5. The minimum absolute atomic E-state index is 0.271. The molecule has 10 heteroatoms. The molecule has 0 aromatic heterocycles. The average molecular weight is 473 g/mol. The van der Waals surface area contributed by atoms with E-state index in [1.54, 1.807) is 31.3 Å². The van der Waals surface area contributed by atoms with E-state index in [0.29, 0.717) is 19.4 Å². The summed E-state index contributed by atoms with van der Waals surface area (Å²) in [5, 5.41) is 5.36. The predicted molar refractivity (Wildman–Crippen MR) is 124 cm³/mol. The van der Waals surface area contributed by atoms with E-state index in [2.05, 4.69) is 10.6 Å². The van der Waals surface area contributed by atoms with Gasteiger partial charge in [0.15, 0.2) is 6.61 Å². The Morgan fingerprint density at radius 3 is 2.44 bits per heavy atom. The van der Waals surface area contributed by atoms with Gasteiger partial charge in [-0.1, -0.05) is 45.2 Å². The number of imide groups is 1. The van der Waals surface area contributed by atoms with Crippen LogP contribution in [0.2, 0.25) is 0 Å². The van der Waals surface area contributed by atoms with Gasteiger partial charge in [-0.25, -0.2) is 4.79 Å². The zero-order valence-electron chi connectivity index (χ0n) is 19.9. The van der Waals surface area contributed by atoms with E-state index in [1.807, 2.05) is 13.8 Å². The van der Waals surface area contributed by atoms with Gasteiger partial charge in [0, 0.05) is 13.6 Å². The van der Waals surface area contributed by atoms with Crippen molar-refractivity contribution in [1.29, 1.82) is 0 Å². The third kappa shape index (κ3) is 5.37. The Labute approximate surface area is 199 Å². The van der Waals surface area contributed by atoms with Gasteiger partial charge in [0.1, 0.15) is 12.1 Å². The monoisotopic (exact) mass is 472 g/mol. The molecule has 34 heavy (non-hydrogen) atoms. The lowest BCUT2D eigenvalue weighted by Crippen LogP contribution is -2.49. The molecule has 1 aromatic rings. The molecule has 1 spiro atoms. The van der Waals surface area contributed by atoms with Crippen molar-refractivity contribution in [2.24, 2.45) is 5.92 Å². The Kier molecular flexibility index (Phi) is 7.90. The van der Waals surface area contributed by atoms with Gasteiger partial charge >= 0.3 is 12.0 Å². The van der Waals surface area contributed by atoms with Crippen molar-refractivity contribution in [3.05, 3.63) is 29.8 Å². The lowest BCUT2D eigenvalue weighted by Gasteiger charge is -2.35. The van der Waals surface area contributed by atoms with Gasteiger partial charge in [-0.3, -0.25) is 24.1 Å². The van der Waals surface area contributed by atoms with Crippen molar-refractivity contribution in [3.63, 3.8) is 0 Å². The van der Waals surface area contributed by atoms with E-state index in [1.165, 1.54) is 4.90 Å². The maximum Gasteiger partial charge on any atom is 0.327 e. The van der Waals surface area contributed by atoms with Gasteiger partial charge in [-0.05, 0) is 30.9 Å². The number of benzene rings is 1. The van der Waals surface area contributed by atoms with Crippen LogP contribution in [0.25, 0.3) is 0 Å². The van der Waals surface area contributed by atoms with E-state index in [-0.39, 0.29) is 29.0 Å². The Morgan fingerprint density at radius 2 is 1.76 bits per heavy atom. The first kappa shape index (κ1) is 25.2. The van der Waals surface area contributed by atoms with Crippen LogP contribution in [0.4, 0.5) is 10.5 Å². The van der Waals surface area contributed by atoms with E-state index >= 15 is 0 Å². The molecule has 1 heterocycles. The van der Waals surface area contributed by atoms with E-state index in [4.69, 9.17) is 4.74 Å². The summed E-state index contributed by atoms with van der Waals surface area (Å²) in [4.78, 5) is 65.0.